The van der Waals surface area contributed by atoms with Gasteiger partial charge in [-0.05, 0) is 43.7 Å². The van der Waals surface area contributed by atoms with Crippen LogP contribution in [0, 0.1) is 5.41 Å². The van der Waals surface area contributed by atoms with Crippen LogP contribution in [0.3, 0.4) is 0 Å². The fourth-order valence-corrected chi connectivity index (χ4v) is 1.92. The summed E-state index contributed by atoms with van der Waals surface area (Å²) in [6, 6.07) is 5.14. The second-order valence-corrected chi connectivity index (χ2v) is 5.10. The molecule has 1 rings (SSSR count). The zero-order chi connectivity index (χ0) is 17.4. The van der Waals surface area contributed by atoms with Gasteiger partial charge in [-0.25, -0.2) is 9.79 Å². The third kappa shape index (κ3) is 5.96. The Morgan fingerprint density at radius 2 is 2.22 bits per heavy atom. The van der Waals surface area contributed by atoms with Crippen LogP contribution < -0.4 is 11.1 Å². The molecule has 0 fully saturated rings. The first kappa shape index (κ1) is 18.4. The second-order valence-electron chi connectivity index (χ2n) is 4.67. The topological polar surface area (TPSA) is 112 Å². The molecule has 0 amide bonds. The predicted molar refractivity (Wildman–Crippen MR) is 93.5 cm³/mol. The first-order chi connectivity index (χ1) is 10.8. The van der Waals surface area contributed by atoms with Crippen LogP contribution in [-0.4, -0.2) is 22.6 Å². The average Bonchev–Trinajstić information content (AvgIpc) is 2.48. The summed E-state index contributed by atoms with van der Waals surface area (Å²) < 4.78 is 0. The highest BCUT2D eigenvalue weighted by atomic mass is 35.5. The fourth-order valence-electron chi connectivity index (χ4n) is 1.72. The number of halogens is 1. The van der Waals surface area contributed by atoms with Crippen LogP contribution in [-0.2, 0) is 11.3 Å². The number of aliphatic carboxylic acids is 1. The van der Waals surface area contributed by atoms with Gasteiger partial charge in [-0.2, -0.15) is 0 Å². The van der Waals surface area contributed by atoms with E-state index in [0.717, 1.165) is 5.56 Å². The van der Waals surface area contributed by atoms with Crippen molar-refractivity contribution >= 4 is 34.8 Å². The molecule has 0 aliphatic heterocycles. The van der Waals surface area contributed by atoms with E-state index in [1.807, 2.05) is 0 Å². The summed E-state index contributed by atoms with van der Waals surface area (Å²) >= 11 is 6.00. The third-order valence-corrected chi connectivity index (χ3v) is 2.98. The molecule has 6 nitrogen and oxygen atoms in total. The normalized spacial score (nSPS) is 12.5. The molecule has 0 heterocycles. The van der Waals surface area contributed by atoms with Crippen LogP contribution in [0.5, 0.6) is 0 Å². The molecule has 23 heavy (non-hydrogen) atoms. The summed E-state index contributed by atoms with van der Waals surface area (Å²) in [5.41, 5.74) is 6.65. The number of carboxylic acids is 1. The number of hydrogen-bond donors (Lipinski definition) is 4. The van der Waals surface area contributed by atoms with E-state index in [1.165, 1.54) is 6.08 Å². The lowest BCUT2D eigenvalue weighted by molar-refractivity contribution is -0.129. The predicted octanol–water partition coefficient (Wildman–Crippen LogP) is 3.00. The summed E-state index contributed by atoms with van der Waals surface area (Å²) in [5, 5.41) is 20.1. The Hall–Kier alpha value is -2.60. The molecule has 122 valence electrons. The lowest BCUT2D eigenvalue weighted by Gasteiger charge is -2.12. The zero-order valence-corrected chi connectivity index (χ0v) is 13.7. The van der Waals surface area contributed by atoms with Gasteiger partial charge in [-0.3, -0.25) is 5.41 Å². The number of carbonyl (C=O) groups is 1. The Labute approximate surface area is 139 Å². The Balaban J connectivity index is 3.06. The summed E-state index contributed by atoms with van der Waals surface area (Å²) in [6.07, 6.45) is 4.92. The number of nitrogens with zero attached hydrogens (tertiary/aromatic N) is 1. The standard InChI is InChI=1S/C16H19ClN4O2/c1-3-4-5-14(15(19)16(22)23)20-9-11-8-12(17)6-7-13(11)21-10(2)18/h3-8,19-20H,9H2,1-2H3,(H2,18,21)(H,22,23)/b4-3-,14-5+,19-15?. The minimum atomic E-state index is -1.31. The number of benzene rings is 1. The maximum absolute atomic E-state index is 11.0. The molecule has 0 aromatic heterocycles. The molecule has 7 heteroatoms. The van der Waals surface area contributed by atoms with Gasteiger partial charge in [-0.1, -0.05) is 23.8 Å². The lowest BCUT2D eigenvalue weighted by Crippen LogP contribution is -2.25. The first-order valence-corrected chi connectivity index (χ1v) is 7.21. The van der Waals surface area contributed by atoms with Crippen molar-refractivity contribution in [1.82, 2.24) is 5.32 Å². The largest absolute Gasteiger partial charge is 0.476 e. The smallest absolute Gasteiger partial charge is 0.355 e. The van der Waals surface area contributed by atoms with Gasteiger partial charge in [0.25, 0.3) is 0 Å². The number of hydrogen-bond acceptors (Lipinski definition) is 4. The van der Waals surface area contributed by atoms with Gasteiger partial charge in [0.15, 0.2) is 5.71 Å². The van der Waals surface area contributed by atoms with Gasteiger partial charge in [-0.15, -0.1) is 0 Å². The van der Waals surface area contributed by atoms with Gasteiger partial charge in [0.2, 0.25) is 0 Å². The van der Waals surface area contributed by atoms with Crippen LogP contribution in [0.4, 0.5) is 5.69 Å². The molecular weight excluding hydrogens is 316 g/mol. The van der Waals surface area contributed by atoms with Crippen molar-refractivity contribution in [3.63, 3.8) is 0 Å². The van der Waals surface area contributed by atoms with Crippen molar-refractivity contribution in [2.75, 3.05) is 0 Å². The highest BCUT2D eigenvalue weighted by Gasteiger charge is 2.13. The van der Waals surface area contributed by atoms with Gasteiger partial charge < -0.3 is 16.2 Å². The molecule has 0 radical (unpaired) electrons. The van der Waals surface area contributed by atoms with Crippen LogP contribution >= 0.6 is 11.6 Å². The second kappa shape index (κ2) is 8.75. The first-order valence-electron chi connectivity index (χ1n) is 6.83. The molecule has 1 aromatic carbocycles. The number of allylic oxidation sites excluding steroid dienone is 3. The highest BCUT2D eigenvalue weighted by Crippen LogP contribution is 2.23. The van der Waals surface area contributed by atoms with Crippen molar-refractivity contribution in [3.8, 4) is 0 Å². The SMILES string of the molecule is C/C=C\C=C(\NCc1cc(Cl)ccc1N=C(C)N)C(=N)C(=O)O. The summed E-state index contributed by atoms with van der Waals surface area (Å²) in [7, 11) is 0. The molecule has 0 unspecified atom stereocenters. The van der Waals surface area contributed by atoms with E-state index in [0.29, 0.717) is 16.5 Å². The van der Waals surface area contributed by atoms with E-state index in [-0.39, 0.29) is 12.2 Å². The molecule has 1 aromatic rings. The fraction of sp³-hybridized carbons (Fsp3) is 0.188. The highest BCUT2D eigenvalue weighted by molar-refractivity contribution is 6.41. The molecule has 0 spiro atoms. The minimum absolute atomic E-state index is 0.190. The number of nitrogens with two attached hydrogens (primary N) is 1. The number of rotatable bonds is 7. The van der Waals surface area contributed by atoms with Crippen molar-refractivity contribution < 1.29 is 9.90 Å². The molecule has 5 N–H and O–H groups in total. The third-order valence-electron chi connectivity index (χ3n) is 2.75. The summed E-state index contributed by atoms with van der Waals surface area (Å²) in [5.74, 6) is -0.910. The monoisotopic (exact) mass is 334 g/mol. The van der Waals surface area contributed by atoms with Crippen LogP contribution in [0.15, 0.2) is 47.1 Å². The van der Waals surface area contributed by atoms with E-state index in [9.17, 15) is 4.79 Å². The van der Waals surface area contributed by atoms with Gasteiger partial charge in [0, 0.05) is 11.6 Å². The van der Waals surface area contributed by atoms with Crippen molar-refractivity contribution in [2.24, 2.45) is 10.7 Å². The van der Waals surface area contributed by atoms with Crippen molar-refractivity contribution in [1.29, 1.82) is 5.41 Å². The maximum atomic E-state index is 11.0. The lowest BCUT2D eigenvalue weighted by atomic mass is 10.1. The van der Waals surface area contributed by atoms with E-state index in [1.54, 1.807) is 44.2 Å². The molecule has 0 bridgehead atoms. The van der Waals surface area contributed by atoms with Crippen LogP contribution in [0.1, 0.15) is 19.4 Å². The summed E-state index contributed by atoms with van der Waals surface area (Å²) in [6.45, 7) is 3.72. The van der Waals surface area contributed by atoms with Crippen molar-refractivity contribution in [3.05, 3.63) is 52.7 Å². The van der Waals surface area contributed by atoms with Gasteiger partial charge >= 0.3 is 5.97 Å². The molecule has 0 saturated carbocycles. The van der Waals surface area contributed by atoms with Gasteiger partial charge in [0.1, 0.15) is 0 Å². The van der Waals surface area contributed by atoms with E-state index in [4.69, 9.17) is 27.9 Å². The van der Waals surface area contributed by atoms with Crippen molar-refractivity contribution in [2.45, 2.75) is 20.4 Å². The molecule has 0 atom stereocenters. The molecular formula is C16H19ClN4O2. The zero-order valence-electron chi connectivity index (χ0n) is 12.9. The molecule has 0 saturated heterocycles. The Morgan fingerprint density at radius 3 is 2.78 bits per heavy atom. The number of nitrogens with one attached hydrogen (secondary N) is 2. The van der Waals surface area contributed by atoms with Crippen LogP contribution in [0.2, 0.25) is 5.02 Å². The van der Waals surface area contributed by atoms with E-state index < -0.39 is 11.7 Å². The average molecular weight is 335 g/mol. The van der Waals surface area contributed by atoms with Crippen LogP contribution in [0.25, 0.3) is 0 Å². The minimum Gasteiger partial charge on any atom is -0.476 e. The maximum Gasteiger partial charge on any atom is 0.355 e. The van der Waals surface area contributed by atoms with Gasteiger partial charge in [0.05, 0.1) is 17.2 Å². The number of carboxylic acid groups (broad SMARTS) is 1. The Kier molecular flexibility index (Phi) is 7.02. The number of amidine groups is 1. The Bertz CT molecular complexity index is 689. The quantitative estimate of drug-likeness (QED) is 0.349. The van der Waals surface area contributed by atoms with E-state index >= 15 is 0 Å². The van der Waals surface area contributed by atoms with E-state index in [2.05, 4.69) is 10.3 Å². The number of aliphatic imine (C=N–C) groups is 1. The Morgan fingerprint density at radius 1 is 1.52 bits per heavy atom. The molecule has 0 aliphatic rings. The summed E-state index contributed by atoms with van der Waals surface area (Å²) in [4.78, 5) is 15.2. The molecule has 0 aliphatic carbocycles.